The molecule has 1 unspecified atom stereocenters. The van der Waals surface area contributed by atoms with Crippen molar-refractivity contribution in [1.29, 1.82) is 0 Å². The molecule has 0 radical (unpaired) electrons. The van der Waals surface area contributed by atoms with Crippen LogP contribution in [0.4, 0.5) is 5.69 Å². The summed E-state index contributed by atoms with van der Waals surface area (Å²) in [5, 5.41) is 27.3. The van der Waals surface area contributed by atoms with E-state index in [0.29, 0.717) is 63.1 Å². The van der Waals surface area contributed by atoms with Gasteiger partial charge in [-0.15, -0.1) is 0 Å². The molecule has 0 saturated heterocycles. The Morgan fingerprint density at radius 1 is 0.951 bits per heavy atom. The van der Waals surface area contributed by atoms with Gasteiger partial charge in [0.2, 0.25) is 0 Å². The largest absolute Gasteiger partial charge is 0.508 e. The van der Waals surface area contributed by atoms with Crippen LogP contribution in [0, 0.1) is 11.8 Å². The van der Waals surface area contributed by atoms with Crippen LogP contribution in [-0.4, -0.2) is 33.6 Å². The lowest BCUT2D eigenvalue weighted by atomic mass is 9.90. The van der Waals surface area contributed by atoms with Crippen molar-refractivity contribution in [3.05, 3.63) is 70.4 Å². The van der Waals surface area contributed by atoms with Crippen LogP contribution in [-0.2, 0) is 4.79 Å². The number of Topliss-reactive ketones (excluding diaryl/α,β-unsaturated/α-hetero) is 1. The van der Waals surface area contributed by atoms with Gasteiger partial charge in [-0.25, -0.2) is 4.79 Å². The van der Waals surface area contributed by atoms with Crippen LogP contribution in [0.25, 0.3) is 33.4 Å². The predicted octanol–water partition coefficient (Wildman–Crippen LogP) is 6.68. The fraction of sp³-hybridized carbons (Fsp3) is 0.312. The lowest BCUT2D eigenvalue weighted by molar-refractivity contribution is -0.123. The summed E-state index contributed by atoms with van der Waals surface area (Å²) in [7, 11) is 0. The lowest BCUT2D eigenvalue weighted by Crippen LogP contribution is -2.29. The Labute approximate surface area is 243 Å². The maximum Gasteiger partial charge on any atom is 0.336 e. The summed E-state index contributed by atoms with van der Waals surface area (Å²) >= 11 is 5.42. The Bertz CT molecular complexity index is 1630. The molecule has 41 heavy (non-hydrogen) atoms. The normalized spacial score (nSPS) is 12.0. The number of anilines is 1. The SMILES string of the molecule is CC(C)C(C)C(=O)CCCCCNC(=S)Nc1ccc(-c2c3ccc(=O)cc-3oc3cc(O)ccc23)c(C(=O)O)c1. The number of thiocarbonyl (C=S) groups is 1. The number of carbonyl (C=O) groups excluding carboxylic acids is 1. The number of ketones is 1. The zero-order valence-corrected chi connectivity index (χ0v) is 24.1. The molecule has 1 heterocycles. The van der Waals surface area contributed by atoms with E-state index in [1.165, 1.54) is 30.3 Å². The number of carboxylic acids is 1. The van der Waals surface area contributed by atoms with Crippen LogP contribution in [0.1, 0.15) is 56.8 Å². The first-order chi connectivity index (χ1) is 19.5. The van der Waals surface area contributed by atoms with E-state index in [9.17, 15) is 24.6 Å². The number of phenols is 1. The highest BCUT2D eigenvalue weighted by Crippen LogP contribution is 2.42. The third-order valence-electron chi connectivity index (χ3n) is 7.35. The summed E-state index contributed by atoms with van der Waals surface area (Å²) in [6, 6.07) is 13.9. The lowest BCUT2D eigenvalue weighted by Gasteiger charge is -2.18. The number of fused-ring (bicyclic) bond motifs is 2. The first kappa shape index (κ1) is 29.7. The Morgan fingerprint density at radius 3 is 2.44 bits per heavy atom. The van der Waals surface area contributed by atoms with Gasteiger partial charge in [0.15, 0.2) is 10.5 Å². The van der Waals surface area contributed by atoms with Crippen molar-refractivity contribution >= 4 is 45.7 Å². The molecular weight excluding hydrogens is 540 g/mol. The zero-order chi connectivity index (χ0) is 29.7. The molecule has 9 heteroatoms. The second-order valence-electron chi connectivity index (χ2n) is 10.6. The number of carboxylic acid groups (broad SMARTS) is 1. The molecule has 4 N–H and O–H groups in total. The molecule has 0 spiro atoms. The molecule has 4 rings (SSSR count). The number of carbonyl (C=O) groups is 2. The maximum atomic E-state index is 12.4. The highest BCUT2D eigenvalue weighted by Gasteiger charge is 2.22. The first-order valence-corrected chi connectivity index (χ1v) is 14.1. The van der Waals surface area contributed by atoms with Crippen LogP contribution >= 0.6 is 12.2 Å². The first-order valence-electron chi connectivity index (χ1n) is 13.7. The van der Waals surface area contributed by atoms with E-state index in [1.54, 1.807) is 24.3 Å². The van der Waals surface area contributed by atoms with Crippen LogP contribution in [0.5, 0.6) is 5.75 Å². The molecule has 1 atom stereocenters. The molecule has 2 aliphatic rings. The Hall–Kier alpha value is -4.24. The number of hydrogen-bond acceptors (Lipinski definition) is 6. The molecule has 2 aromatic carbocycles. The highest BCUT2D eigenvalue weighted by molar-refractivity contribution is 7.80. The summed E-state index contributed by atoms with van der Waals surface area (Å²) in [4.78, 5) is 36.6. The van der Waals surface area contributed by atoms with E-state index in [0.717, 1.165) is 19.3 Å². The van der Waals surface area contributed by atoms with Crippen LogP contribution < -0.4 is 16.1 Å². The minimum atomic E-state index is -1.13. The smallest absolute Gasteiger partial charge is 0.336 e. The summed E-state index contributed by atoms with van der Waals surface area (Å²) < 4.78 is 5.88. The second kappa shape index (κ2) is 13.0. The molecule has 1 aliphatic heterocycles. The summed E-state index contributed by atoms with van der Waals surface area (Å²) in [6.45, 7) is 6.73. The van der Waals surface area contributed by atoms with E-state index in [-0.39, 0.29) is 28.4 Å². The maximum absolute atomic E-state index is 12.4. The number of nitrogens with one attached hydrogen (secondary N) is 2. The van der Waals surface area contributed by atoms with Gasteiger partial charge in [0.25, 0.3) is 0 Å². The second-order valence-corrected chi connectivity index (χ2v) is 11.0. The monoisotopic (exact) mass is 574 g/mol. The van der Waals surface area contributed by atoms with Crippen LogP contribution in [0.2, 0.25) is 0 Å². The van der Waals surface area contributed by atoms with E-state index in [4.69, 9.17) is 16.6 Å². The summed E-state index contributed by atoms with van der Waals surface area (Å²) in [6.07, 6.45) is 3.18. The molecule has 0 amide bonds. The van der Waals surface area contributed by atoms with Gasteiger partial charge in [0.05, 0.1) is 5.56 Å². The van der Waals surface area contributed by atoms with Gasteiger partial charge in [-0.1, -0.05) is 33.3 Å². The Morgan fingerprint density at radius 2 is 1.71 bits per heavy atom. The van der Waals surface area contributed by atoms with Crippen molar-refractivity contribution in [2.24, 2.45) is 11.8 Å². The van der Waals surface area contributed by atoms with Gasteiger partial charge in [0.1, 0.15) is 22.9 Å². The van der Waals surface area contributed by atoms with Crippen molar-refractivity contribution in [3.8, 4) is 28.2 Å². The molecule has 214 valence electrons. The average molecular weight is 575 g/mol. The third-order valence-corrected chi connectivity index (χ3v) is 7.59. The number of aromatic hydroxyl groups is 1. The molecule has 0 saturated carbocycles. The van der Waals surface area contributed by atoms with Crippen molar-refractivity contribution in [1.82, 2.24) is 5.32 Å². The summed E-state index contributed by atoms with van der Waals surface area (Å²) in [5.41, 5.74) is 2.19. The van der Waals surface area contributed by atoms with Gasteiger partial charge in [-0.05, 0) is 72.9 Å². The van der Waals surface area contributed by atoms with Gasteiger partial charge in [-0.3, -0.25) is 9.59 Å². The molecule has 8 nitrogen and oxygen atoms in total. The number of unbranched alkanes of at least 4 members (excludes halogenated alkanes) is 2. The van der Waals surface area contributed by atoms with Crippen molar-refractivity contribution in [2.75, 3.05) is 11.9 Å². The number of aromatic carboxylic acids is 1. The zero-order valence-electron chi connectivity index (χ0n) is 23.3. The molecule has 0 bridgehead atoms. The summed E-state index contributed by atoms with van der Waals surface area (Å²) in [5.74, 6) is -0.120. The van der Waals surface area contributed by atoms with E-state index >= 15 is 0 Å². The van der Waals surface area contributed by atoms with Crippen LogP contribution in [0.3, 0.4) is 0 Å². The Kier molecular flexibility index (Phi) is 9.39. The van der Waals surface area contributed by atoms with E-state index in [1.807, 2.05) is 6.92 Å². The molecule has 0 fully saturated rings. The van der Waals surface area contributed by atoms with Crippen molar-refractivity contribution < 1.29 is 24.2 Å². The van der Waals surface area contributed by atoms with Crippen LogP contribution in [0.15, 0.2) is 63.8 Å². The topological polar surface area (TPSA) is 129 Å². The number of hydrogen-bond donors (Lipinski definition) is 4. The van der Waals surface area contributed by atoms with Crippen molar-refractivity contribution in [2.45, 2.75) is 46.5 Å². The fourth-order valence-corrected chi connectivity index (χ4v) is 4.96. The standard InChI is InChI=1S/C32H34N2O6S/c1-18(2)19(3)27(37)7-5-4-6-14-33-32(41)34-20-8-11-23(26(15-20)31(38)39)30-24-12-9-21(35)16-28(24)40-29-17-22(36)10-13-25(29)30/h8-13,15-19,35H,4-7,14H2,1-3H3,(H,38,39)(H2,33,34,41). The molecule has 0 aromatic heterocycles. The van der Waals surface area contributed by atoms with Crippen molar-refractivity contribution in [3.63, 3.8) is 0 Å². The minimum absolute atomic E-state index is 0.0157. The third kappa shape index (κ3) is 7.10. The predicted molar refractivity (Wildman–Crippen MR) is 165 cm³/mol. The van der Waals surface area contributed by atoms with E-state index < -0.39 is 5.97 Å². The van der Waals surface area contributed by atoms with Gasteiger partial charge < -0.3 is 25.3 Å². The number of benzene rings is 3. The van der Waals surface area contributed by atoms with Gasteiger partial charge in [0, 0.05) is 53.2 Å². The Balaban J connectivity index is 1.49. The van der Waals surface area contributed by atoms with Gasteiger partial charge in [-0.2, -0.15) is 0 Å². The van der Waals surface area contributed by atoms with Gasteiger partial charge >= 0.3 is 5.97 Å². The number of phenolic OH excluding ortho intramolecular Hbond substituents is 1. The average Bonchev–Trinajstić information content (AvgIpc) is 2.92. The molecule has 2 aromatic rings. The fourth-order valence-electron chi connectivity index (χ4n) is 4.74. The minimum Gasteiger partial charge on any atom is -0.508 e. The molecular formula is C32H34N2O6S. The quantitative estimate of drug-likeness (QED) is 0.0881. The van der Waals surface area contributed by atoms with E-state index in [2.05, 4.69) is 24.5 Å². The highest BCUT2D eigenvalue weighted by atomic mass is 32.1. The molecule has 1 aliphatic carbocycles. The number of rotatable bonds is 11.